The Kier molecular flexibility index (Phi) is 8.51. The minimum atomic E-state index is -3.56. The first-order valence-corrected chi connectivity index (χ1v) is 10.7. The van der Waals surface area contributed by atoms with Gasteiger partial charge >= 0.3 is 0 Å². The van der Waals surface area contributed by atoms with E-state index in [4.69, 9.17) is 9.47 Å². The zero-order valence-corrected chi connectivity index (χ0v) is 17.6. The highest BCUT2D eigenvalue weighted by Gasteiger charge is 2.30. The van der Waals surface area contributed by atoms with Gasteiger partial charge in [0.1, 0.15) is 5.75 Å². The molecule has 0 saturated carbocycles. The fraction of sp³-hybridized carbons (Fsp3) is 0.611. The highest BCUT2D eigenvalue weighted by Crippen LogP contribution is 2.20. The molecule has 0 aliphatic carbocycles. The van der Waals surface area contributed by atoms with Gasteiger partial charge in [-0.3, -0.25) is 4.79 Å². The quantitative estimate of drug-likeness (QED) is 0.681. The number of carbonyl (C=O) groups is 1. The molecule has 1 aromatic rings. The lowest BCUT2D eigenvalue weighted by molar-refractivity contribution is -0.131. The van der Waals surface area contributed by atoms with Gasteiger partial charge in [0.25, 0.3) is 0 Å². The number of carbonyl (C=O) groups excluding carboxylic acids is 1. The topological polar surface area (TPSA) is 88.2 Å². The first-order chi connectivity index (χ1) is 13.0. The van der Waals surface area contributed by atoms with E-state index in [9.17, 15) is 13.2 Å². The number of methoxy groups -OCH3 is 1. The maximum atomic E-state index is 12.7. The van der Waals surface area contributed by atoms with Crippen molar-refractivity contribution in [2.45, 2.75) is 23.8 Å². The minimum absolute atomic E-state index is 0. The molecule has 1 amide bonds. The Morgan fingerprint density at radius 1 is 1.21 bits per heavy atom. The van der Waals surface area contributed by atoms with Crippen LogP contribution in [0.25, 0.3) is 0 Å². The molecule has 8 nitrogen and oxygen atoms in total. The van der Waals surface area contributed by atoms with Crippen LogP contribution in [0.15, 0.2) is 29.2 Å². The van der Waals surface area contributed by atoms with Crippen molar-refractivity contribution in [3.05, 3.63) is 24.3 Å². The van der Waals surface area contributed by atoms with Crippen molar-refractivity contribution in [3.63, 3.8) is 0 Å². The average molecular weight is 434 g/mol. The molecule has 0 radical (unpaired) electrons. The number of hydrogen-bond acceptors (Lipinski definition) is 6. The summed E-state index contributed by atoms with van der Waals surface area (Å²) >= 11 is 0. The Bertz CT molecular complexity index is 730. The van der Waals surface area contributed by atoms with E-state index >= 15 is 0 Å². The SMILES string of the molecule is COc1ccc(S(=O)(=O)N2CCN(C(=O)CNCC3CCCO3)CC2)cc1.Cl. The molecule has 0 spiro atoms. The summed E-state index contributed by atoms with van der Waals surface area (Å²) in [5, 5.41) is 3.14. The predicted molar refractivity (Wildman–Crippen MR) is 107 cm³/mol. The Balaban J connectivity index is 0.00000280. The third kappa shape index (κ3) is 5.57. The number of sulfonamides is 1. The summed E-state index contributed by atoms with van der Waals surface area (Å²) in [5.41, 5.74) is 0. The number of hydrogen-bond donors (Lipinski definition) is 1. The molecule has 1 atom stereocenters. The second-order valence-corrected chi connectivity index (χ2v) is 8.66. The van der Waals surface area contributed by atoms with Crippen molar-refractivity contribution in [2.24, 2.45) is 0 Å². The smallest absolute Gasteiger partial charge is 0.243 e. The third-order valence-electron chi connectivity index (χ3n) is 4.96. The lowest BCUT2D eigenvalue weighted by atomic mass is 10.2. The van der Waals surface area contributed by atoms with Gasteiger partial charge in [-0.1, -0.05) is 0 Å². The van der Waals surface area contributed by atoms with Crippen LogP contribution in [-0.2, 0) is 19.6 Å². The fourth-order valence-electron chi connectivity index (χ4n) is 3.33. The molecule has 158 valence electrons. The number of piperazine rings is 1. The molecule has 1 N–H and O–H groups in total. The van der Waals surface area contributed by atoms with Gasteiger partial charge in [-0.25, -0.2) is 8.42 Å². The molecule has 0 aromatic heterocycles. The fourth-order valence-corrected chi connectivity index (χ4v) is 4.75. The van der Waals surface area contributed by atoms with Gasteiger partial charge in [0.05, 0.1) is 24.7 Å². The predicted octanol–water partition coefficient (Wildman–Crippen LogP) is 0.719. The van der Waals surface area contributed by atoms with E-state index in [-0.39, 0.29) is 35.9 Å². The summed E-state index contributed by atoms with van der Waals surface area (Å²) in [6.45, 7) is 3.12. The Labute approximate surface area is 172 Å². The summed E-state index contributed by atoms with van der Waals surface area (Å²) < 4.78 is 37.5. The van der Waals surface area contributed by atoms with Gasteiger partial charge < -0.3 is 19.7 Å². The highest BCUT2D eigenvalue weighted by atomic mass is 35.5. The van der Waals surface area contributed by atoms with Crippen molar-refractivity contribution < 1.29 is 22.7 Å². The average Bonchev–Trinajstić information content (AvgIpc) is 3.21. The first kappa shape index (κ1) is 22.9. The van der Waals surface area contributed by atoms with Crippen LogP contribution >= 0.6 is 12.4 Å². The molecule has 1 aromatic carbocycles. The van der Waals surface area contributed by atoms with Crippen molar-refractivity contribution in [3.8, 4) is 5.75 Å². The summed E-state index contributed by atoms with van der Waals surface area (Å²) in [5.74, 6) is 0.606. The number of nitrogens with zero attached hydrogens (tertiary/aromatic N) is 2. The monoisotopic (exact) mass is 433 g/mol. The summed E-state index contributed by atoms with van der Waals surface area (Å²) in [4.78, 5) is 14.3. The van der Waals surface area contributed by atoms with E-state index < -0.39 is 10.0 Å². The van der Waals surface area contributed by atoms with Crippen LogP contribution in [0.1, 0.15) is 12.8 Å². The Hall–Kier alpha value is -1.39. The number of halogens is 1. The van der Waals surface area contributed by atoms with Crippen LogP contribution in [0, 0.1) is 0 Å². The zero-order chi connectivity index (χ0) is 19.3. The van der Waals surface area contributed by atoms with Crippen LogP contribution in [-0.4, -0.2) is 82.6 Å². The molecule has 10 heteroatoms. The minimum Gasteiger partial charge on any atom is -0.497 e. The molecule has 2 aliphatic heterocycles. The van der Waals surface area contributed by atoms with Gasteiger partial charge in [-0.05, 0) is 37.1 Å². The van der Waals surface area contributed by atoms with Gasteiger partial charge in [0, 0.05) is 39.3 Å². The molecule has 2 saturated heterocycles. The van der Waals surface area contributed by atoms with E-state index in [1.165, 1.54) is 11.4 Å². The van der Waals surface area contributed by atoms with E-state index in [0.717, 1.165) is 19.4 Å². The molecule has 0 bridgehead atoms. The third-order valence-corrected chi connectivity index (χ3v) is 6.87. The molecule has 28 heavy (non-hydrogen) atoms. The number of benzene rings is 1. The number of nitrogens with one attached hydrogen (secondary N) is 1. The lowest BCUT2D eigenvalue weighted by Crippen LogP contribution is -2.52. The van der Waals surface area contributed by atoms with Gasteiger partial charge in [-0.2, -0.15) is 4.31 Å². The molecular formula is C18H28ClN3O5S. The van der Waals surface area contributed by atoms with Crippen molar-refractivity contribution in [1.82, 2.24) is 14.5 Å². The normalized spacial score (nSPS) is 20.6. The molecular weight excluding hydrogens is 406 g/mol. The Morgan fingerprint density at radius 3 is 2.46 bits per heavy atom. The van der Waals surface area contributed by atoms with Crippen molar-refractivity contribution >= 4 is 28.3 Å². The molecule has 2 heterocycles. The largest absolute Gasteiger partial charge is 0.497 e. The van der Waals surface area contributed by atoms with Crippen LogP contribution in [0.4, 0.5) is 0 Å². The maximum absolute atomic E-state index is 12.7. The highest BCUT2D eigenvalue weighted by molar-refractivity contribution is 7.89. The van der Waals surface area contributed by atoms with Gasteiger partial charge in [0.2, 0.25) is 15.9 Å². The van der Waals surface area contributed by atoms with Crippen LogP contribution in [0.3, 0.4) is 0 Å². The van der Waals surface area contributed by atoms with Crippen molar-refractivity contribution in [2.75, 3.05) is 53.0 Å². The maximum Gasteiger partial charge on any atom is 0.243 e. The second-order valence-electron chi connectivity index (χ2n) is 6.73. The van der Waals surface area contributed by atoms with E-state index in [1.54, 1.807) is 29.2 Å². The molecule has 2 aliphatic rings. The van der Waals surface area contributed by atoms with Gasteiger partial charge in [0.15, 0.2) is 0 Å². The molecule has 3 rings (SSSR count). The summed E-state index contributed by atoms with van der Waals surface area (Å²) in [6.07, 6.45) is 2.30. The zero-order valence-electron chi connectivity index (χ0n) is 16.0. The van der Waals surface area contributed by atoms with Crippen LogP contribution in [0.5, 0.6) is 5.75 Å². The lowest BCUT2D eigenvalue weighted by Gasteiger charge is -2.34. The van der Waals surface area contributed by atoms with Crippen molar-refractivity contribution in [1.29, 1.82) is 0 Å². The summed E-state index contributed by atoms with van der Waals surface area (Å²) in [7, 11) is -2.02. The number of ether oxygens (including phenoxy) is 2. The first-order valence-electron chi connectivity index (χ1n) is 9.25. The number of rotatable bonds is 7. The standard InChI is InChI=1S/C18H27N3O5S.ClH/c1-25-15-4-6-17(7-5-15)27(23,24)21-10-8-20(9-11-21)18(22)14-19-13-16-3-2-12-26-16;/h4-7,16,19H,2-3,8-14H2,1H3;1H. The van der Waals surface area contributed by atoms with E-state index in [1.807, 2.05) is 0 Å². The molecule has 1 unspecified atom stereocenters. The van der Waals surface area contributed by atoms with E-state index in [2.05, 4.69) is 5.32 Å². The number of amides is 1. The second kappa shape index (κ2) is 10.4. The van der Waals surface area contributed by atoms with Gasteiger partial charge in [-0.15, -0.1) is 12.4 Å². The summed E-state index contributed by atoms with van der Waals surface area (Å²) in [6, 6.07) is 6.35. The Morgan fingerprint density at radius 2 is 1.89 bits per heavy atom. The van der Waals surface area contributed by atoms with E-state index in [0.29, 0.717) is 38.5 Å². The van der Waals surface area contributed by atoms with Crippen LogP contribution in [0.2, 0.25) is 0 Å². The van der Waals surface area contributed by atoms with Crippen LogP contribution < -0.4 is 10.1 Å². The molecule has 2 fully saturated rings.